The predicted molar refractivity (Wildman–Crippen MR) is 130 cm³/mol. The van der Waals surface area contributed by atoms with E-state index in [2.05, 4.69) is 22.6 Å². The molecule has 0 bridgehead atoms. The number of nitrogens with zero attached hydrogens (tertiary/aromatic N) is 1. The number of ether oxygens (including phenoxy) is 1. The Bertz CT molecular complexity index is 1240. The van der Waals surface area contributed by atoms with E-state index in [1.807, 2.05) is 12.1 Å². The molecule has 3 aromatic rings. The number of thioether (sulfide) groups is 1. The molecule has 0 aromatic heterocycles. The summed E-state index contributed by atoms with van der Waals surface area (Å²) in [6.07, 6.45) is 1.60. The van der Waals surface area contributed by atoms with Gasteiger partial charge in [0.2, 0.25) is 0 Å². The molecular formula is C23H13ClINO4S. The van der Waals surface area contributed by atoms with Crippen molar-refractivity contribution in [2.75, 3.05) is 4.90 Å². The SMILES string of the molecule is O=C(Oc1cccc(/C=C2\SC(=O)N(c3cccc(Cl)c3)C2=O)c1)c1ccccc1I. The van der Waals surface area contributed by atoms with Gasteiger partial charge in [-0.3, -0.25) is 9.59 Å². The zero-order chi connectivity index (χ0) is 22.0. The molecule has 1 aliphatic heterocycles. The van der Waals surface area contributed by atoms with Crippen LogP contribution in [0.5, 0.6) is 5.75 Å². The Morgan fingerprint density at radius 2 is 1.77 bits per heavy atom. The van der Waals surface area contributed by atoms with Crippen LogP contribution in [0.1, 0.15) is 15.9 Å². The number of esters is 1. The molecule has 2 amide bonds. The van der Waals surface area contributed by atoms with Crippen LogP contribution in [0.4, 0.5) is 10.5 Å². The number of carbonyl (C=O) groups is 3. The molecule has 8 heteroatoms. The molecule has 1 saturated heterocycles. The average molecular weight is 562 g/mol. The molecule has 0 N–H and O–H groups in total. The van der Waals surface area contributed by atoms with Gasteiger partial charge in [-0.05, 0) is 88.5 Å². The predicted octanol–water partition coefficient (Wildman–Crippen LogP) is 6.40. The molecule has 154 valence electrons. The van der Waals surface area contributed by atoms with E-state index in [4.69, 9.17) is 16.3 Å². The Labute approximate surface area is 201 Å². The van der Waals surface area contributed by atoms with Gasteiger partial charge in [-0.25, -0.2) is 9.69 Å². The lowest BCUT2D eigenvalue weighted by molar-refractivity contribution is -0.113. The van der Waals surface area contributed by atoms with Gasteiger partial charge in [0, 0.05) is 8.59 Å². The van der Waals surface area contributed by atoms with Crippen LogP contribution < -0.4 is 9.64 Å². The number of halogens is 2. The summed E-state index contributed by atoms with van der Waals surface area (Å²) in [6.45, 7) is 0. The highest BCUT2D eigenvalue weighted by Gasteiger charge is 2.36. The van der Waals surface area contributed by atoms with Crippen molar-refractivity contribution >= 4 is 74.8 Å². The zero-order valence-corrected chi connectivity index (χ0v) is 19.5. The maximum atomic E-state index is 12.8. The van der Waals surface area contributed by atoms with E-state index in [1.165, 1.54) is 0 Å². The molecule has 0 spiro atoms. The smallest absolute Gasteiger partial charge is 0.344 e. The standard InChI is InChI=1S/C23H13ClINO4S/c24-15-6-4-7-16(13-15)26-21(27)20(31-23(26)29)12-14-5-3-8-17(11-14)30-22(28)18-9-1-2-10-19(18)25/h1-13H/b20-12-. The molecule has 0 radical (unpaired) electrons. The molecular weight excluding hydrogens is 549 g/mol. The van der Waals surface area contributed by atoms with Crippen molar-refractivity contribution in [1.82, 2.24) is 0 Å². The molecule has 0 aliphatic carbocycles. The van der Waals surface area contributed by atoms with Crippen molar-refractivity contribution in [2.24, 2.45) is 0 Å². The Morgan fingerprint density at radius 1 is 1.00 bits per heavy atom. The molecule has 0 unspecified atom stereocenters. The number of anilines is 1. The third kappa shape index (κ3) is 4.84. The number of benzene rings is 3. The molecule has 1 fully saturated rings. The molecule has 5 nitrogen and oxygen atoms in total. The summed E-state index contributed by atoms with van der Waals surface area (Å²) < 4.78 is 6.27. The third-order valence-corrected chi connectivity index (χ3v) is 6.37. The van der Waals surface area contributed by atoms with Gasteiger partial charge in [0.1, 0.15) is 5.75 Å². The number of amides is 2. The van der Waals surface area contributed by atoms with Gasteiger partial charge in [-0.1, -0.05) is 41.9 Å². The summed E-state index contributed by atoms with van der Waals surface area (Å²) in [6, 6.07) is 20.5. The summed E-state index contributed by atoms with van der Waals surface area (Å²) in [5, 5.41) is 0.0304. The number of carbonyl (C=O) groups excluding carboxylic acids is 3. The fourth-order valence-electron chi connectivity index (χ4n) is 2.91. The van der Waals surface area contributed by atoms with Crippen LogP contribution in [0.25, 0.3) is 6.08 Å². The Kier molecular flexibility index (Phi) is 6.45. The summed E-state index contributed by atoms with van der Waals surface area (Å²) in [5.74, 6) is -0.561. The quantitative estimate of drug-likeness (QED) is 0.160. The Balaban J connectivity index is 1.56. The molecule has 1 heterocycles. The van der Waals surface area contributed by atoms with Gasteiger partial charge < -0.3 is 4.74 Å². The van der Waals surface area contributed by atoms with Crippen molar-refractivity contribution in [3.8, 4) is 5.75 Å². The van der Waals surface area contributed by atoms with E-state index in [0.717, 1.165) is 20.2 Å². The second-order valence-corrected chi connectivity index (χ2v) is 9.03. The summed E-state index contributed by atoms with van der Waals surface area (Å²) in [4.78, 5) is 39.0. The lowest BCUT2D eigenvalue weighted by Crippen LogP contribution is -2.27. The Hall–Kier alpha value is -2.62. The molecule has 0 atom stereocenters. The van der Waals surface area contributed by atoms with Crippen LogP contribution >= 0.6 is 46.0 Å². The van der Waals surface area contributed by atoms with Gasteiger partial charge in [0.25, 0.3) is 11.1 Å². The van der Waals surface area contributed by atoms with E-state index in [-0.39, 0.29) is 4.91 Å². The number of rotatable bonds is 4. The van der Waals surface area contributed by atoms with E-state index < -0.39 is 17.1 Å². The number of imide groups is 1. The Morgan fingerprint density at radius 3 is 2.55 bits per heavy atom. The van der Waals surface area contributed by atoms with E-state index >= 15 is 0 Å². The number of hydrogen-bond acceptors (Lipinski definition) is 5. The highest BCUT2D eigenvalue weighted by Crippen LogP contribution is 2.36. The maximum Gasteiger partial charge on any atom is 0.344 e. The minimum absolute atomic E-state index is 0.269. The largest absolute Gasteiger partial charge is 0.423 e. The summed E-state index contributed by atoms with van der Waals surface area (Å²) in [7, 11) is 0. The molecule has 4 rings (SSSR count). The molecule has 31 heavy (non-hydrogen) atoms. The van der Waals surface area contributed by atoms with Crippen LogP contribution in [0, 0.1) is 3.57 Å². The average Bonchev–Trinajstić information content (AvgIpc) is 3.01. The van der Waals surface area contributed by atoms with Crippen LogP contribution in [-0.4, -0.2) is 17.1 Å². The molecule has 0 saturated carbocycles. The van der Waals surface area contributed by atoms with Gasteiger partial charge in [-0.15, -0.1) is 0 Å². The minimum Gasteiger partial charge on any atom is -0.423 e. The van der Waals surface area contributed by atoms with Crippen LogP contribution in [0.2, 0.25) is 5.02 Å². The highest BCUT2D eigenvalue weighted by atomic mass is 127. The second-order valence-electron chi connectivity index (χ2n) is 6.44. The first-order chi connectivity index (χ1) is 14.9. The summed E-state index contributed by atoms with van der Waals surface area (Å²) >= 11 is 8.90. The summed E-state index contributed by atoms with van der Waals surface area (Å²) in [5.41, 5.74) is 1.51. The van der Waals surface area contributed by atoms with E-state index in [9.17, 15) is 14.4 Å². The zero-order valence-electron chi connectivity index (χ0n) is 15.7. The van der Waals surface area contributed by atoms with Crippen molar-refractivity contribution in [1.29, 1.82) is 0 Å². The highest BCUT2D eigenvalue weighted by molar-refractivity contribution is 14.1. The fraction of sp³-hybridized carbons (Fsp3) is 0. The lowest BCUT2D eigenvalue weighted by atomic mass is 10.2. The van der Waals surface area contributed by atoms with Gasteiger partial charge >= 0.3 is 5.97 Å². The van der Waals surface area contributed by atoms with Crippen molar-refractivity contribution in [2.45, 2.75) is 0 Å². The van der Waals surface area contributed by atoms with Gasteiger partial charge in [0.15, 0.2) is 0 Å². The minimum atomic E-state index is -0.469. The second kappa shape index (κ2) is 9.25. The van der Waals surface area contributed by atoms with E-state index in [1.54, 1.807) is 66.7 Å². The normalized spacial score (nSPS) is 14.9. The topological polar surface area (TPSA) is 63.7 Å². The first-order valence-corrected chi connectivity index (χ1v) is 11.3. The third-order valence-electron chi connectivity index (χ3n) is 4.32. The lowest BCUT2D eigenvalue weighted by Gasteiger charge is -2.12. The fourth-order valence-corrected chi connectivity index (χ4v) is 4.55. The first-order valence-electron chi connectivity index (χ1n) is 9.03. The van der Waals surface area contributed by atoms with Crippen molar-refractivity contribution in [3.05, 3.63) is 97.4 Å². The van der Waals surface area contributed by atoms with Crippen molar-refractivity contribution in [3.63, 3.8) is 0 Å². The van der Waals surface area contributed by atoms with Gasteiger partial charge in [0.05, 0.1) is 16.2 Å². The maximum absolute atomic E-state index is 12.8. The monoisotopic (exact) mass is 561 g/mol. The van der Waals surface area contributed by atoms with Crippen LogP contribution in [-0.2, 0) is 4.79 Å². The molecule has 3 aromatic carbocycles. The van der Waals surface area contributed by atoms with Crippen molar-refractivity contribution < 1.29 is 19.1 Å². The molecule has 1 aliphatic rings. The van der Waals surface area contributed by atoms with Crippen LogP contribution in [0.3, 0.4) is 0 Å². The van der Waals surface area contributed by atoms with Gasteiger partial charge in [-0.2, -0.15) is 0 Å². The van der Waals surface area contributed by atoms with Crippen LogP contribution in [0.15, 0.2) is 77.7 Å². The van der Waals surface area contributed by atoms with E-state index in [0.29, 0.717) is 27.6 Å². The number of hydrogen-bond donors (Lipinski definition) is 0. The first kappa shape index (κ1) is 21.6.